The van der Waals surface area contributed by atoms with Gasteiger partial charge in [0.05, 0.1) is 5.39 Å². The van der Waals surface area contributed by atoms with Crippen molar-refractivity contribution in [1.82, 2.24) is 15.5 Å². The summed E-state index contributed by atoms with van der Waals surface area (Å²) in [6.45, 7) is 1.10. The van der Waals surface area contributed by atoms with Gasteiger partial charge < -0.3 is 19.0 Å². The van der Waals surface area contributed by atoms with Crippen molar-refractivity contribution < 1.29 is 22.9 Å². The number of methoxy groups -OCH3 is 1. The molecule has 0 atom stereocenters. The predicted molar refractivity (Wildman–Crippen MR) is 104 cm³/mol. The van der Waals surface area contributed by atoms with Crippen molar-refractivity contribution in [1.29, 1.82) is 0 Å². The van der Waals surface area contributed by atoms with Crippen molar-refractivity contribution in [2.45, 2.75) is 6.42 Å². The molecule has 0 aliphatic heterocycles. The first kappa shape index (κ1) is 18.8. The van der Waals surface area contributed by atoms with Crippen molar-refractivity contribution in [3.05, 3.63) is 60.1 Å². The third-order valence-corrected chi connectivity index (χ3v) is 4.38. The smallest absolute Gasteiger partial charge is 0.251 e. The molecule has 29 heavy (non-hydrogen) atoms. The lowest BCUT2D eigenvalue weighted by Gasteiger charge is -2.04. The highest BCUT2D eigenvalue weighted by Gasteiger charge is 2.17. The first-order valence-electron chi connectivity index (χ1n) is 9.04. The molecule has 7 nitrogen and oxygen atoms in total. The van der Waals surface area contributed by atoms with Crippen LogP contribution in [0.2, 0.25) is 0 Å². The number of carbonyl (C=O) groups is 1. The van der Waals surface area contributed by atoms with Gasteiger partial charge in [0.1, 0.15) is 23.5 Å². The summed E-state index contributed by atoms with van der Waals surface area (Å²) in [4.78, 5) is 16.8. The largest absolute Gasteiger partial charge is 0.444 e. The van der Waals surface area contributed by atoms with Gasteiger partial charge in [0.2, 0.25) is 5.89 Å². The van der Waals surface area contributed by atoms with Crippen LogP contribution >= 0.6 is 0 Å². The maximum absolute atomic E-state index is 13.1. The van der Waals surface area contributed by atoms with E-state index in [-0.39, 0.29) is 11.7 Å². The quantitative estimate of drug-likeness (QED) is 0.475. The van der Waals surface area contributed by atoms with Crippen LogP contribution in [0.3, 0.4) is 0 Å². The fraction of sp³-hybridized carbons (Fsp3) is 0.190. The van der Waals surface area contributed by atoms with E-state index in [9.17, 15) is 9.18 Å². The number of aromatic nitrogens is 2. The Morgan fingerprint density at radius 3 is 2.83 bits per heavy atom. The molecule has 0 unspecified atom stereocenters. The number of rotatable bonds is 7. The van der Waals surface area contributed by atoms with E-state index in [1.807, 2.05) is 0 Å². The number of nitrogens with one attached hydrogen (secondary N) is 1. The lowest BCUT2D eigenvalue weighted by molar-refractivity contribution is 0.0948. The van der Waals surface area contributed by atoms with E-state index in [4.69, 9.17) is 13.7 Å². The van der Waals surface area contributed by atoms with Gasteiger partial charge in [-0.05, 0) is 48.9 Å². The van der Waals surface area contributed by atoms with Gasteiger partial charge in [0.15, 0.2) is 5.58 Å². The topological polar surface area (TPSA) is 90.4 Å². The number of halogens is 1. The summed E-state index contributed by atoms with van der Waals surface area (Å²) in [5.41, 5.74) is 2.58. The SMILES string of the molecule is COCCCNC(=O)c1ccc2onc(-c3coc(-c4ccc(F)cc4)n3)c2c1. The van der Waals surface area contributed by atoms with Crippen molar-refractivity contribution >= 4 is 16.9 Å². The van der Waals surface area contributed by atoms with Gasteiger partial charge in [-0.15, -0.1) is 0 Å². The summed E-state index contributed by atoms with van der Waals surface area (Å²) in [5, 5.41) is 7.56. The molecule has 2 aromatic carbocycles. The molecule has 2 aromatic heterocycles. The highest BCUT2D eigenvalue weighted by Crippen LogP contribution is 2.30. The molecule has 0 spiro atoms. The number of carbonyl (C=O) groups excluding carboxylic acids is 1. The van der Waals surface area contributed by atoms with Gasteiger partial charge in [0, 0.05) is 31.4 Å². The maximum Gasteiger partial charge on any atom is 0.251 e. The van der Waals surface area contributed by atoms with Gasteiger partial charge in [-0.25, -0.2) is 9.37 Å². The van der Waals surface area contributed by atoms with Crippen LogP contribution in [0.4, 0.5) is 4.39 Å². The van der Waals surface area contributed by atoms with Crippen LogP contribution in [-0.4, -0.2) is 36.3 Å². The zero-order valence-corrected chi connectivity index (χ0v) is 15.6. The Labute approximate surface area is 165 Å². The molecular formula is C21H18FN3O4. The Morgan fingerprint density at radius 1 is 1.21 bits per heavy atom. The molecule has 2 heterocycles. The summed E-state index contributed by atoms with van der Waals surface area (Å²) in [6, 6.07) is 10.9. The molecule has 0 saturated carbocycles. The number of hydrogen-bond donors (Lipinski definition) is 1. The van der Waals surface area contributed by atoms with Crippen molar-refractivity contribution in [3.8, 4) is 22.8 Å². The van der Waals surface area contributed by atoms with Gasteiger partial charge in [-0.2, -0.15) is 0 Å². The summed E-state index contributed by atoms with van der Waals surface area (Å²) in [6.07, 6.45) is 2.18. The lowest BCUT2D eigenvalue weighted by atomic mass is 10.1. The van der Waals surface area contributed by atoms with Crippen LogP contribution in [0, 0.1) is 5.82 Å². The Balaban J connectivity index is 1.60. The summed E-state index contributed by atoms with van der Waals surface area (Å²) < 4.78 is 29.0. The van der Waals surface area contributed by atoms with E-state index in [0.717, 1.165) is 6.42 Å². The Hall–Kier alpha value is -3.52. The second-order valence-corrected chi connectivity index (χ2v) is 6.39. The molecule has 8 heteroatoms. The van der Waals surface area contributed by atoms with Gasteiger partial charge in [0.25, 0.3) is 5.91 Å². The summed E-state index contributed by atoms with van der Waals surface area (Å²) >= 11 is 0. The molecule has 0 bridgehead atoms. The first-order chi connectivity index (χ1) is 14.2. The third-order valence-electron chi connectivity index (χ3n) is 4.38. The molecule has 1 amide bonds. The lowest BCUT2D eigenvalue weighted by Crippen LogP contribution is -2.25. The fourth-order valence-corrected chi connectivity index (χ4v) is 2.89. The number of nitrogens with zero attached hydrogens (tertiary/aromatic N) is 2. The number of hydrogen-bond acceptors (Lipinski definition) is 6. The minimum Gasteiger partial charge on any atom is -0.444 e. The molecular weight excluding hydrogens is 377 g/mol. The van der Waals surface area contributed by atoms with Crippen molar-refractivity contribution in [3.63, 3.8) is 0 Å². The molecule has 4 aromatic rings. The maximum atomic E-state index is 13.1. The first-order valence-corrected chi connectivity index (χ1v) is 9.04. The monoisotopic (exact) mass is 395 g/mol. The highest BCUT2D eigenvalue weighted by molar-refractivity contribution is 6.00. The highest BCUT2D eigenvalue weighted by atomic mass is 19.1. The van der Waals surface area contributed by atoms with Crippen LogP contribution in [0.1, 0.15) is 16.8 Å². The molecule has 0 fully saturated rings. The van der Waals surface area contributed by atoms with Gasteiger partial charge >= 0.3 is 0 Å². The zero-order valence-electron chi connectivity index (χ0n) is 15.6. The summed E-state index contributed by atoms with van der Waals surface area (Å²) in [5.74, 6) is -0.193. The molecule has 0 radical (unpaired) electrons. The number of oxazole rings is 1. The van der Waals surface area contributed by atoms with E-state index in [0.29, 0.717) is 52.5 Å². The van der Waals surface area contributed by atoms with Crippen LogP contribution in [-0.2, 0) is 4.74 Å². The molecule has 1 N–H and O–H groups in total. The van der Waals surface area contributed by atoms with E-state index in [1.165, 1.54) is 18.4 Å². The van der Waals surface area contributed by atoms with Crippen LogP contribution in [0.5, 0.6) is 0 Å². The normalized spacial score (nSPS) is 11.1. The van der Waals surface area contributed by atoms with E-state index in [2.05, 4.69) is 15.5 Å². The number of benzene rings is 2. The number of ether oxygens (including phenoxy) is 1. The zero-order chi connectivity index (χ0) is 20.2. The van der Waals surface area contributed by atoms with Crippen LogP contribution in [0.15, 0.2) is 57.7 Å². The molecule has 0 aliphatic rings. The number of amides is 1. The Kier molecular flexibility index (Phi) is 5.35. The minimum atomic E-state index is -0.337. The predicted octanol–water partition coefficient (Wildman–Crippen LogP) is 4.06. The van der Waals surface area contributed by atoms with E-state index >= 15 is 0 Å². The van der Waals surface area contributed by atoms with Crippen LogP contribution in [0.25, 0.3) is 33.8 Å². The Morgan fingerprint density at radius 2 is 2.03 bits per heavy atom. The minimum absolute atomic E-state index is 0.192. The van der Waals surface area contributed by atoms with Gasteiger partial charge in [-0.1, -0.05) is 5.16 Å². The molecule has 0 saturated heterocycles. The van der Waals surface area contributed by atoms with Crippen molar-refractivity contribution in [2.75, 3.05) is 20.3 Å². The van der Waals surface area contributed by atoms with E-state index in [1.54, 1.807) is 37.4 Å². The van der Waals surface area contributed by atoms with Gasteiger partial charge in [-0.3, -0.25) is 4.79 Å². The second-order valence-electron chi connectivity index (χ2n) is 6.39. The van der Waals surface area contributed by atoms with Crippen molar-refractivity contribution in [2.24, 2.45) is 0 Å². The van der Waals surface area contributed by atoms with Crippen LogP contribution < -0.4 is 5.32 Å². The third kappa shape index (κ3) is 4.02. The fourth-order valence-electron chi connectivity index (χ4n) is 2.89. The molecule has 0 aliphatic carbocycles. The second kappa shape index (κ2) is 8.24. The Bertz CT molecular complexity index is 1130. The number of fused-ring (bicyclic) bond motifs is 1. The average Bonchev–Trinajstić information content (AvgIpc) is 3.38. The molecule has 4 rings (SSSR count). The van der Waals surface area contributed by atoms with E-state index < -0.39 is 0 Å². The molecule has 148 valence electrons. The average molecular weight is 395 g/mol. The summed E-state index contributed by atoms with van der Waals surface area (Å²) in [7, 11) is 1.62. The standard InChI is InChI=1S/C21H18FN3O4/c1-27-10-2-9-23-20(26)14-5-8-18-16(11-14)19(25-29-18)17-12-28-21(24-17)13-3-6-15(22)7-4-13/h3-8,11-12H,2,9-10H2,1H3,(H,23,26).